The summed E-state index contributed by atoms with van der Waals surface area (Å²) in [7, 11) is 0. The van der Waals surface area contributed by atoms with Crippen molar-refractivity contribution >= 4 is 5.69 Å². The van der Waals surface area contributed by atoms with Gasteiger partial charge in [0.05, 0.1) is 18.1 Å². The molecule has 0 aliphatic carbocycles. The van der Waals surface area contributed by atoms with Crippen LogP contribution in [-0.4, -0.2) is 22.1 Å². The second kappa shape index (κ2) is 4.21. The molecule has 72 valence electrons. The smallest absolute Gasteiger partial charge is 0.115 e. The van der Waals surface area contributed by atoms with Crippen molar-refractivity contribution in [2.75, 3.05) is 4.90 Å². The maximum atomic E-state index is 4.02. The minimum atomic E-state index is 0.478. The van der Waals surface area contributed by atoms with Gasteiger partial charge in [0.1, 0.15) is 6.33 Å². The first-order chi connectivity index (χ1) is 6.13. The fourth-order valence-electron chi connectivity index (χ4n) is 1.62. The summed E-state index contributed by atoms with van der Waals surface area (Å²) in [6.45, 7) is 8.69. The van der Waals surface area contributed by atoms with Gasteiger partial charge in [-0.3, -0.25) is 0 Å². The SMILES string of the molecule is CC(C)N(c1cncnc1)C(C)C. The molecule has 13 heavy (non-hydrogen) atoms. The van der Waals surface area contributed by atoms with Gasteiger partial charge in [0.2, 0.25) is 0 Å². The minimum absolute atomic E-state index is 0.478. The highest BCUT2D eigenvalue weighted by Gasteiger charge is 2.13. The van der Waals surface area contributed by atoms with Crippen LogP contribution in [0, 0.1) is 0 Å². The largest absolute Gasteiger partial charge is 0.364 e. The molecule has 0 saturated heterocycles. The summed E-state index contributed by atoms with van der Waals surface area (Å²) in [5.41, 5.74) is 1.09. The van der Waals surface area contributed by atoms with E-state index in [-0.39, 0.29) is 0 Å². The van der Waals surface area contributed by atoms with Gasteiger partial charge in [-0.15, -0.1) is 0 Å². The van der Waals surface area contributed by atoms with Gasteiger partial charge in [0, 0.05) is 12.1 Å². The number of nitrogens with zero attached hydrogens (tertiary/aromatic N) is 3. The topological polar surface area (TPSA) is 29.0 Å². The van der Waals surface area contributed by atoms with Crippen molar-refractivity contribution in [1.82, 2.24) is 9.97 Å². The zero-order valence-electron chi connectivity index (χ0n) is 8.73. The van der Waals surface area contributed by atoms with Crippen molar-refractivity contribution in [3.05, 3.63) is 18.7 Å². The maximum absolute atomic E-state index is 4.02. The lowest BCUT2D eigenvalue weighted by Crippen LogP contribution is -2.37. The van der Waals surface area contributed by atoms with Crippen LogP contribution in [0.3, 0.4) is 0 Å². The Morgan fingerprint density at radius 3 is 1.85 bits per heavy atom. The Morgan fingerprint density at radius 2 is 1.46 bits per heavy atom. The second-order valence-corrected chi connectivity index (χ2v) is 3.69. The van der Waals surface area contributed by atoms with E-state index in [0.717, 1.165) is 5.69 Å². The Kier molecular flexibility index (Phi) is 3.23. The molecule has 0 saturated carbocycles. The van der Waals surface area contributed by atoms with Crippen LogP contribution >= 0.6 is 0 Å². The molecule has 0 atom stereocenters. The normalized spacial score (nSPS) is 10.9. The van der Waals surface area contributed by atoms with Gasteiger partial charge in [-0.2, -0.15) is 0 Å². The van der Waals surface area contributed by atoms with Gasteiger partial charge in [-0.25, -0.2) is 9.97 Å². The molecular formula is C10H17N3. The van der Waals surface area contributed by atoms with E-state index in [9.17, 15) is 0 Å². The Labute approximate surface area is 79.8 Å². The average Bonchev–Trinajstić information content (AvgIpc) is 2.04. The van der Waals surface area contributed by atoms with Crippen LogP contribution < -0.4 is 4.90 Å². The fourth-order valence-corrected chi connectivity index (χ4v) is 1.62. The maximum Gasteiger partial charge on any atom is 0.115 e. The second-order valence-electron chi connectivity index (χ2n) is 3.69. The zero-order valence-corrected chi connectivity index (χ0v) is 8.73. The van der Waals surface area contributed by atoms with Crippen molar-refractivity contribution in [3.63, 3.8) is 0 Å². The summed E-state index contributed by atoms with van der Waals surface area (Å²) >= 11 is 0. The third-order valence-corrected chi connectivity index (χ3v) is 1.96. The lowest BCUT2D eigenvalue weighted by Gasteiger charge is -2.32. The van der Waals surface area contributed by atoms with E-state index in [1.165, 1.54) is 0 Å². The molecule has 0 fully saturated rings. The molecule has 1 rings (SSSR count). The van der Waals surface area contributed by atoms with Crippen LogP contribution in [0.1, 0.15) is 27.7 Å². The van der Waals surface area contributed by atoms with Crippen LogP contribution in [0.5, 0.6) is 0 Å². The van der Waals surface area contributed by atoms with Gasteiger partial charge < -0.3 is 4.90 Å². The van der Waals surface area contributed by atoms with Gasteiger partial charge in [0.25, 0.3) is 0 Å². The van der Waals surface area contributed by atoms with Gasteiger partial charge >= 0.3 is 0 Å². The zero-order chi connectivity index (χ0) is 9.84. The van der Waals surface area contributed by atoms with E-state index in [2.05, 4.69) is 42.6 Å². The Hall–Kier alpha value is -1.12. The van der Waals surface area contributed by atoms with Crippen molar-refractivity contribution in [3.8, 4) is 0 Å². The average molecular weight is 179 g/mol. The Bertz CT molecular complexity index is 236. The number of rotatable bonds is 3. The van der Waals surface area contributed by atoms with E-state index in [4.69, 9.17) is 0 Å². The van der Waals surface area contributed by atoms with Gasteiger partial charge in [0.15, 0.2) is 0 Å². The highest BCUT2D eigenvalue weighted by atomic mass is 15.2. The molecule has 3 heteroatoms. The standard InChI is InChI=1S/C10H17N3/c1-8(2)13(9(3)4)10-5-11-7-12-6-10/h5-9H,1-4H3. The molecule has 3 nitrogen and oxygen atoms in total. The van der Waals surface area contributed by atoms with Crippen LogP contribution in [0.4, 0.5) is 5.69 Å². The van der Waals surface area contributed by atoms with E-state index >= 15 is 0 Å². The molecule has 0 aromatic carbocycles. The van der Waals surface area contributed by atoms with E-state index < -0.39 is 0 Å². The fraction of sp³-hybridized carbons (Fsp3) is 0.600. The summed E-state index contributed by atoms with van der Waals surface area (Å²) in [5, 5.41) is 0. The Balaban J connectivity index is 2.89. The molecule has 0 N–H and O–H groups in total. The monoisotopic (exact) mass is 179 g/mol. The van der Waals surface area contributed by atoms with Crippen molar-refractivity contribution in [1.29, 1.82) is 0 Å². The van der Waals surface area contributed by atoms with E-state index in [0.29, 0.717) is 12.1 Å². The molecule has 0 radical (unpaired) electrons. The summed E-state index contributed by atoms with van der Waals surface area (Å²) in [4.78, 5) is 10.3. The number of hydrogen-bond donors (Lipinski definition) is 0. The molecule has 0 spiro atoms. The molecular weight excluding hydrogens is 162 g/mol. The molecule has 0 aliphatic heterocycles. The first kappa shape index (κ1) is 9.96. The van der Waals surface area contributed by atoms with E-state index in [1.54, 1.807) is 6.33 Å². The highest BCUT2D eigenvalue weighted by Crippen LogP contribution is 2.16. The van der Waals surface area contributed by atoms with Gasteiger partial charge in [-0.1, -0.05) is 0 Å². The third-order valence-electron chi connectivity index (χ3n) is 1.96. The minimum Gasteiger partial charge on any atom is -0.364 e. The predicted octanol–water partition coefficient (Wildman–Crippen LogP) is 2.10. The number of hydrogen-bond acceptors (Lipinski definition) is 3. The quantitative estimate of drug-likeness (QED) is 0.711. The van der Waals surface area contributed by atoms with E-state index in [1.807, 2.05) is 12.4 Å². The summed E-state index contributed by atoms with van der Waals surface area (Å²) < 4.78 is 0. The summed E-state index contributed by atoms with van der Waals surface area (Å²) in [5.74, 6) is 0. The van der Waals surface area contributed by atoms with Crippen molar-refractivity contribution in [2.45, 2.75) is 39.8 Å². The summed E-state index contributed by atoms with van der Waals surface area (Å²) in [6, 6.07) is 0.956. The first-order valence-corrected chi connectivity index (χ1v) is 4.66. The highest BCUT2D eigenvalue weighted by molar-refractivity contribution is 5.43. The third kappa shape index (κ3) is 2.41. The molecule has 0 aliphatic rings. The lowest BCUT2D eigenvalue weighted by molar-refractivity contribution is 0.606. The molecule has 0 bridgehead atoms. The van der Waals surface area contributed by atoms with Crippen LogP contribution in [0.25, 0.3) is 0 Å². The molecule has 0 unspecified atom stereocenters. The van der Waals surface area contributed by atoms with Crippen LogP contribution in [0.2, 0.25) is 0 Å². The molecule has 1 aromatic rings. The molecule has 1 heterocycles. The van der Waals surface area contributed by atoms with Crippen LogP contribution in [-0.2, 0) is 0 Å². The number of anilines is 1. The Morgan fingerprint density at radius 1 is 1.00 bits per heavy atom. The molecule has 0 amide bonds. The lowest BCUT2D eigenvalue weighted by atomic mass is 10.2. The first-order valence-electron chi connectivity index (χ1n) is 4.66. The van der Waals surface area contributed by atoms with Crippen molar-refractivity contribution in [2.24, 2.45) is 0 Å². The van der Waals surface area contributed by atoms with Crippen LogP contribution in [0.15, 0.2) is 18.7 Å². The van der Waals surface area contributed by atoms with Crippen molar-refractivity contribution < 1.29 is 0 Å². The summed E-state index contributed by atoms with van der Waals surface area (Å²) in [6.07, 6.45) is 5.27. The predicted molar refractivity (Wildman–Crippen MR) is 54.8 cm³/mol. The van der Waals surface area contributed by atoms with Gasteiger partial charge in [-0.05, 0) is 27.7 Å². The number of aromatic nitrogens is 2. The molecule has 1 aromatic heterocycles.